The number of rotatable bonds is 4. The molecule has 0 saturated heterocycles. The summed E-state index contributed by atoms with van der Waals surface area (Å²) in [5, 5.41) is 2.46. The number of aromatic nitrogens is 3. The largest absolute Gasteiger partial charge is 0.321 e. The zero-order chi connectivity index (χ0) is 18.7. The van der Waals surface area contributed by atoms with Gasteiger partial charge >= 0.3 is 0 Å². The van der Waals surface area contributed by atoms with Gasteiger partial charge in [0.15, 0.2) is 0 Å². The molecule has 0 atom stereocenters. The third-order valence-corrected chi connectivity index (χ3v) is 3.65. The van der Waals surface area contributed by atoms with Crippen LogP contribution in [-0.4, -0.2) is 32.1 Å². The fourth-order valence-electron chi connectivity index (χ4n) is 2.28. The van der Waals surface area contributed by atoms with E-state index in [0.717, 1.165) is 0 Å². The van der Waals surface area contributed by atoms with E-state index >= 15 is 0 Å². The molecule has 0 aliphatic heterocycles. The van der Waals surface area contributed by atoms with Crippen LogP contribution in [0.2, 0.25) is 0 Å². The molecule has 0 bridgehead atoms. The van der Waals surface area contributed by atoms with Crippen molar-refractivity contribution in [2.75, 3.05) is 5.32 Å². The summed E-state index contributed by atoms with van der Waals surface area (Å²) in [7, 11) is 0. The number of nitrogens with one attached hydrogen (secondary N) is 2. The highest BCUT2D eigenvalue weighted by Crippen LogP contribution is 2.19. The van der Waals surface area contributed by atoms with Crippen LogP contribution in [-0.2, 0) is 9.59 Å². The number of carbonyl (C=O) groups excluding carboxylic acids is 3. The topological polar surface area (TPSA) is 114 Å². The van der Waals surface area contributed by atoms with Crippen LogP contribution in [0, 0.1) is 0 Å². The summed E-state index contributed by atoms with van der Waals surface area (Å²) in [5.74, 6) is -1.76. The van der Waals surface area contributed by atoms with E-state index in [2.05, 4.69) is 15.3 Å². The van der Waals surface area contributed by atoms with Crippen LogP contribution in [0.3, 0.4) is 0 Å². The lowest BCUT2D eigenvalue weighted by atomic mass is 10.1. The van der Waals surface area contributed by atoms with E-state index in [1.165, 1.54) is 36.3 Å². The monoisotopic (exact) mass is 350 g/mol. The molecular formula is C18H14N4O4. The molecule has 0 spiro atoms. The van der Waals surface area contributed by atoms with Crippen LogP contribution in [0.15, 0.2) is 59.9 Å². The first-order valence-corrected chi connectivity index (χ1v) is 7.64. The number of nitrogens with zero attached hydrogens (tertiary/aromatic N) is 2. The number of Topliss-reactive ketones (excluding diaryl/α,β-unsaturated/α-hetero) is 1. The molecule has 0 saturated carbocycles. The average Bonchev–Trinajstić information content (AvgIpc) is 3.16. The Morgan fingerprint density at radius 2 is 1.81 bits per heavy atom. The molecule has 8 heteroatoms. The Kier molecular flexibility index (Phi) is 4.57. The highest BCUT2D eigenvalue weighted by Gasteiger charge is 2.13. The van der Waals surface area contributed by atoms with Crippen LogP contribution < -0.4 is 10.9 Å². The Hall–Kier alpha value is -3.81. The highest BCUT2D eigenvalue weighted by atomic mass is 16.2. The lowest BCUT2D eigenvalue weighted by molar-refractivity contribution is -0.133. The predicted molar refractivity (Wildman–Crippen MR) is 93.8 cm³/mol. The number of pyridine rings is 1. The first-order valence-electron chi connectivity index (χ1n) is 7.64. The Bertz CT molecular complexity index is 1030. The second kappa shape index (κ2) is 6.98. The second-order valence-electron chi connectivity index (χ2n) is 5.48. The van der Waals surface area contributed by atoms with Crippen molar-refractivity contribution in [1.29, 1.82) is 0 Å². The first kappa shape index (κ1) is 17.0. The number of aromatic amines is 1. The van der Waals surface area contributed by atoms with Crippen molar-refractivity contribution in [1.82, 2.24) is 14.5 Å². The molecule has 1 amide bonds. The van der Waals surface area contributed by atoms with Crippen LogP contribution in [0.4, 0.5) is 5.69 Å². The van der Waals surface area contributed by atoms with E-state index in [9.17, 15) is 19.2 Å². The average molecular weight is 350 g/mol. The third-order valence-electron chi connectivity index (χ3n) is 3.65. The molecule has 130 valence electrons. The summed E-state index contributed by atoms with van der Waals surface area (Å²) >= 11 is 0. The van der Waals surface area contributed by atoms with Crippen LogP contribution in [0.25, 0.3) is 11.3 Å². The van der Waals surface area contributed by atoms with E-state index in [0.29, 0.717) is 16.9 Å². The molecule has 0 unspecified atom stereocenters. The fraction of sp³-hybridized carbons (Fsp3) is 0.0556. The van der Waals surface area contributed by atoms with Crippen LogP contribution in [0.1, 0.15) is 17.3 Å². The number of imidazole rings is 1. The minimum atomic E-state index is -0.700. The molecule has 0 fully saturated rings. The minimum absolute atomic E-state index is 0.00269. The normalized spacial score (nSPS) is 10.3. The number of hydrogen-bond donors (Lipinski definition) is 2. The lowest BCUT2D eigenvalue weighted by Crippen LogP contribution is -2.22. The van der Waals surface area contributed by atoms with E-state index in [1.807, 2.05) is 0 Å². The van der Waals surface area contributed by atoms with Gasteiger partial charge in [0.25, 0.3) is 17.4 Å². The first-order chi connectivity index (χ1) is 12.5. The Morgan fingerprint density at radius 3 is 2.38 bits per heavy atom. The number of H-pyrrole nitrogens is 1. The number of amides is 1. The van der Waals surface area contributed by atoms with Crippen molar-refractivity contribution < 1.29 is 14.4 Å². The molecule has 8 nitrogen and oxygen atoms in total. The number of ketones is 1. The predicted octanol–water partition coefficient (Wildman–Crippen LogP) is 1.45. The number of carbonyl (C=O) groups is 3. The van der Waals surface area contributed by atoms with Gasteiger partial charge in [-0.3, -0.25) is 23.7 Å². The van der Waals surface area contributed by atoms with E-state index in [4.69, 9.17) is 0 Å². The Labute approximate surface area is 147 Å². The summed E-state index contributed by atoms with van der Waals surface area (Å²) in [5.41, 5.74) is 1.14. The van der Waals surface area contributed by atoms with Gasteiger partial charge in [-0.2, -0.15) is 0 Å². The van der Waals surface area contributed by atoms with Gasteiger partial charge in [-0.15, -0.1) is 0 Å². The highest BCUT2D eigenvalue weighted by molar-refractivity contribution is 6.39. The molecule has 0 aliphatic rings. The molecule has 0 aliphatic carbocycles. The molecule has 0 radical (unpaired) electrons. The molecule has 26 heavy (non-hydrogen) atoms. The number of anilines is 1. The van der Waals surface area contributed by atoms with Crippen molar-refractivity contribution in [2.24, 2.45) is 0 Å². The molecule has 1 aromatic carbocycles. The SMILES string of the molecule is CC(=O)C(=O)Nc1ccc(-c2ccc(C(=O)n3ccnc3)c(=O)[nH]2)cc1. The zero-order valence-corrected chi connectivity index (χ0v) is 13.7. The van der Waals surface area contributed by atoms with Gasteiger partial charge in [-0.25, -0.2) is 4.98 Å². The van der Waals surface area contributed by atoms with Gasteiger partial charge < -0.3 is 10.3 Å². The lowest BCUT2D eigenvalue weighted by Gasteiger charge is -2.06. The fourth-order valence-corrected chi connectivity index (χ4v) is 2.28. The van der Waals surface area contributed by atoms with Crippen molar-refractivity contribution in [3.05, 3.63) is 71.0 Å². The summed E-state index contributed by atoms with van der Waals surface area (Å²) in [6, 6.07) is 9.64. The molecule has 2 heterocycles. The summed E-state index contributed by atoms with van der Waals surface area (Å²) in [6.45, 7) is 1.18. The van der Waals surface area contributed by atoms with E-state index in [-0.39, 0.29) is 5.56 Å². The Morgan fingerprint density at radius 1 is 1.08 bits per heavy atom. The molecule has 3 rings (SSSR count). The van der Waals surface area contributed by atoms with Gasteiger partial charge in [-0.1, -0.05) is 12.1 Å². The summed E-state index contributed by atoms with van der Waals surface area (Å²) in [6.07, 6.45) is 4.24. The second-order valence-corrected chi connectivity index (χ2v) is 5.48. The smallest absolute Gasteiger partial charge is 0.291 e. The zero-order valence-electron chi connectivity index (χ0n) is 13.7. The standard InChI is InChI=1S/C18H14N4O4/c1-11(23)16(24)20-13-4-2-12(3-5-13)15-7-6-14(17(25)21-15)18(26)22-9-8-19-10-22/h2-10H,1H3,(H,20,24)(H,21,25). The van der Waals surface area contributed by atoms with Crippen molar-refractivity contribution in [3.63, 3.8) is 0 Å². The van der Waals surface area contributed by atoms with Gasteiger partial charge in [0.05, 0.1) is 0 Å². The van der Waals surface area contributed by atoms with Crippen molar-refractivity contribution in [2.45, 2.75) is 6.92 Å². The van der Waals surface area contributed by atoms with Crippen LogP contribution >= 0.6 is 0 Å². The summed E-state index contributed by atoms with van der Waals surface area (Å²) in [4.78, 5) is 53.2. The maximum absolute atomic E-state index is 12.2. The van der Waals surface area contributed by atoms with Gasteiger partial charge in [-0.05, 0) is 29.8 Å². The quantitative estimate of drug-likeness (QED) is 0.691. The maximum atomic E-state index is 12.2. The van der Waals surface area contributed by atoms with Gasteiger partial charge in [0, 0.05) is 30.7 Å². The minimum Gasteiger partial charge on any atom is -0.321 e. The van der Waals surface area contributed by atoms with E-state index in [1.54, 1.807) is 30.3 Å². The molecule has 3 aromatic rings. The summed E-state index contributed by atoms with van der Waals surface area (Å²) < 4.78 is 1.22. The van der Waals surface area contributed by atoms with Gasteiger partial charge in [0.1, 0.15) is 11.9 Å². The van der Waals surface area contributed by atoms with Gasteiger partial charge in [0.2, 0.25) is 5.78 Å². The molecular weight excluding hydrogens is 336 g/mol. The Balaban J connectivity index is 1.83. The molecule has 2 aromatic heterocycles. The third kappa shape index (κ3) is 3.48. The number of benzene rings is 1. The molecule has 2 N–H and O–H groups in total. The van der Waals surface area contributed by atoms with Crippen molar-refractivity contribution in [3.8, 4) is 11.3 Å². The van der Waals surface area contributed by atoms with Crippen molar-refractivity contribution >= 4 is 23.3 Å². The number of hydrogen-bond acceptors (Lipinski definition) is 5. The maximum Gasteiger partial charge on any atom is 0.291 e. The van der Waals surface area contributed by atoms with Crippen LogP contribution in [0.5, 0.6) is 0 Å². The van der Waals surface area contributed by atoms with E-state index < -0.39 is 23.2 Å².